The molecule has 0 aromatic heterocycles. The average molecular weight is 383 g/mol. The second kappa shape index (κ2) is 6.48. The zero-order chi connectivity index (χ0) is 20.2. The normalized spacial score (nSPS) is 20.1. The van der Waals surface area contributed by atoms with Crippen molar-refractivity contribution >= 4 is 22.2 Å². The van der Waals surface area contributed by atoms with Crippen LogP contribution in [0.25, 0.3) is 10.8 Å². The summed E-state index contributed by atoms with van der Waals surface area (Å²) in [6.45, 7) is 4.34. The number of nitrogens with one attached hydrogen (secondary N) is 1. The molecule has 0 spiro atoms. The number of ketones is 1. The largest absolute Gasteiger partial charge is 0.496 e. The highest BCUT2D eigenvalue weighted by molar-refractivity contribution is 6.04. The predicted molar refractivity (Wildman–Crippen MR) is 117 cm³/mol. The van der Waals surface area contributed by atoms with Crippen molar-refractivity contribution in [3.63, 3.8) is 0 Å². The Labute approximate surface area is 171 Å². The van der Waals surface area contributed by atoms with Crippen LogP contribution in [-0.2, 0) is 4.79 Å². The van der Waals surface area contributed by atoms with E-state index in [0.29, 0.717) is 6.42 Å². The molecular weight excluding hydrogens is 358 g/mol. The summed E-state index contributed by atoms with van der Waals surface area (Å²) in [6, 6.07) is 20.8. The molecule has 0 saturated heterocycles. The molecule has 146 valence electrons. The standard InChI is InChI=1S/C26H25NO2/c1-26(2)14-20-25(21(28)15-26)24(18-10-6-7-11-22(18)29-3)23-17-9-5-4-8-16(17)12-13-19(23)27-20/h4-13,24,27H,14-15H2,1-3H3/t24-/m1/s1. The van der Waals surface area contributed by atoms with Gasteiger partial charge in [0.25, 0.3) is 0 Å². The maximum Gasteiger partial charge on any atom is 0.162 e. The maximum atomic E-state index is 13.4. The Hall–Kier alpha value is -3.07. The van der Waals surface area contributed by atoms with Crippen LogP contribution in [0.2, 0.25) is 0 Å². The van der Waals surface area contributed by atoms with Gasteiger partial charge >= 0.3 is 0 Å². The van der Waals surface area contributed by atoms with Crippen LogP contribution in [0.1, 0.15) is 43.7 Å². The molecule has 3 aromatic carbocycles. The summed E-state index contributed by atoms with van der Waals surface area (Å²) in [4.78, 5) is 13.4. The molecule has 0 unspecified atom stereocenters. The third-order valence-corrected chi connectivity index (χ3v) is 6.20. The number of benzene rings is 3. The SMILES string of the molecule is COc1ccccc1[C@H]1C2=C(CC(C)(C)CC2=O)Nc2ccc3ccccc3c21. The number of carbonyl (C=O) groups is 1. The lowest BCUT2D eigenvalue weighted by atomic mass is 9.68. The number of allylic oxidation sites excluding steroid dienone is 2. The second-order valence-corrected chi connectivity index (χ2v) is 8.88. The maximum absolute atomic E-state index is 13.4. The Bertz CT molecular complexity index is 1170. The van der Waals surface area contributed by atoms with Crippen LogP contribution in [-0.4, -0.2) is 12.9 Å². The van der Waals surface area contributed by atoms with E-state index < -0.39 is 0 Å². The van der Waals surface area contributed by atoms with E-state index in [2.05, 4.69) is 61.6 Å². The lowest BCUT2D eigenvalue weighted by Gasteiger charge is -2.40. The van der Waals surface area contributed by atoms with Crippen LogP contribution in [0.15, 0.2) is 71.9 Å². The predicted octanol–water partition coefficient (Wildman–Crippen LogP) is 6.05. The summed E-state index contributed by atoms with van der Waals surface area (Å²) in [7, 11) is 1.70. The molecule has 1 N–H and O–H groups in total. The Morgan fingerprint density at radius 3 is 2.55 bits per heavy atom. The number of para-hydroxylation sites is 1. The third kappa shape index (κ3) is 2.84. The molecule has 3 nitrogen and oxygen atoms in total. The fourth-order valence-electron chi connectivity index (χ4n) is 5.02. The van der Waals surface area contributed by atoms with Crippen molar-refractivity contribution in [3.05, 3.63) is 83.1 Å². The van der Waals surface area contributed by atoms with Crippen LogP contribution in [0.4, 0.5) is 5.69 Å². The monoisotopic (exact) mass is 383 g/mol. The van der Waals surface area contributed by atoms with Gasteiger partial charge in [-0.2, -0.15) is 0 Å². The molecule has 3 heteroatoms. The summed E-state index contributed by atoms with van der Waals surface area (Å²) >= 11 is 0. The highest BCUT2D eigenvalue weighted by atomic mass is 16.5. The molecule has 29 heavy (non-hydrogen) atoms. The number of methoxy groups -OCH3 is 1. The van der Waals surface area contributed by atoms with Crippen molar-refractivity contribution < 1.29 is 9.53 Å². The van der Waals surface area contributed by atoms with Gasteiger partial charge in [-0.25, -0.2) is 0 Å². The van der Waals surface area contributed by atoms with E-state index in [4.69, 9.17) is 4.74 Å². The van der Waals surface area contributed by atoms with Gasteiger partial charge in [0.15, 0.2) is 5.78 Å². The van der Waals surface area contributed by atoms with Crippen molar-refractivity contribution in [2.24, 2.45) is 5.41 Å². The van der Waals surface area contributed by atoms with Gasteiger partial charge in [-0.1, -0.05) is 62.4 Å². The minimum absolute atomic E-state index is 0.0391. The Morgan fingerprint density at radius 2 is 1.72 bits per heavy atom. The Kier molecular flexibility index (Phi) is 4.02. The number of anilines is 1. The van der Waals surface area contributed by atoms with Crippen molar-refractivity contribution in [1.82, 2.24) is 0 Å². The van der Waals surface area contributed by atoms with Crippen molar-refractivity contribution in [3.8, 4) is 5.75 Å². The summed E-state index contributed by atoms with van der Waals surface area (Å²) in [5, 5.41) is 5.99. The van der Waals surface area contributed by atoms with E-state index in [1.165, 1.54) is 16.3 Å². The first-order valence-electron chi connectivity index (χ1n) is 10.2. The van der Waals surface area contributed by atoms with Crippen LogP contribution in [0, 0.1) is 5.41 Å². The molecule has 2 aliphatic rings. The molecule has 0 radical (unpaired) electrons. The quantitative estimate of drug-likeness (QED) is 0.585. The number of ether oxygens (including phenoxy) is 1. The highest BCUT2D eigenvalue weighted by Crippen LogP contribution is 2.52. The first-order chi connectivity index (χ1) is 14.0. The summed E-state index contributed by atoms with van der Waals surface area (Å²) < 4.78 is 5.73. The molecule has 0 fully saturated rings. The van der Waals surface area contributed by atoms with E-state index in [9.17, 15) is 4.79 Å². The lowest BCUT2D eigenvalue weighted by molar-refractivity contribution is -0.118. The number of hydrogen-bond acceptors (Lipinski definition) is 3. The molecular formula is C26H25NO2. The highest BCUT2D eigenvalue weighted by Gasteiger charge is 2.41. The number of fused-ring (bicyclic) bond motifs is 3. The molecule has 1 heterocycles. The molecule has 0 amide bonds. The fraction of sp³-hybridized carbons (Fsp3) is 0.269. The van der Waals surface area contributed by atoms with Gasteiger partial charge in [-0.15, -0.1) is 0 Å². The number of hydrogen-bond donors (Lipinski definition) is 1. The van der Waals surface area contributed by atoms with E-state index in [1.807, 2.05) is 18.2 Å². The van der Waals surface area contributed by atoms with Crippen LogP contribution in [0.3, 0.4) is 0 Å². The minimum Gasteiger partial charge on any atom is -0.496 e. The number of rotatable bonds is 2. The minimum atomic E-state index is -0.132. The topological polar surface area (TPSA) is 38.3 Å². The van der Waals surface area contributed by atoms with E-state index in [0.717, 1.165) is 34.7 Å². The van der Waals surface area contributed by atoms with Gasteiger partial charge in [-0.3, -0.25) is 4.79 Å². The van der Waals surface area contributed by atoms with Gasteiger partial charge in [0.05, 0.1) is 7.11 Å². The zero-order valence-electron chi connectivity index (χ0n) is 17.1. The zero-order valence-corrected chi connectivity index (χ0v) is 17.1. The Morgan fingerprint density at radius 1 is 0.966 bits per heavy atom. The lowest BCUT2D eigenvalue weighted by Crippen LogP contribution is -2.34. The van der Waals surface area contributed by atoms with Crippen LogP contribution in [0.5, 0.6) is 5.75 Å². The first-order valence-corrected chi connectivity index (χ1v) is 10.2. The van der Waals surface area contributed by atoms with Crippen LogP contribution >= 0.6 is 0 Å². The molecule has 0 saturated carbocycles. The van der Waals surface area contributed by atoms with Gasteiger partial charge < -0.3 is 10.1 Å². The molecule has 1 atom stereocenters. The van der Waals surface area contributed by atoms with Gasteiger partial charge in [0.1, 0.15) is 5.75 Å². The summed E-state index contributed by atoms with van der Waals surface area (Å²) in [6.07, 6.45) is 1.44. The van der Waals surface area contributed by atoms with E-state index in [1.54, 1.807) is 7.11 Å². The molecule has 3 aromatic rings. The first kappa shape index (κ1) is 18.0. The van der Waals surface area contributed by atoms with Gasteiger partial charge in [-0.05, 0) is 40.3 Å². The number of Topliss-reactive ketones (excluding diaryl/α,β-unsaturated/α-hetero) is 1. The molecule has 0 bridgehead atoms. The summed E-state index contributed by atoms with van der Waals surface area (Å²) in [5.41, 5.74) is 5.23. The molecule has 1 aliphatic carbocycles. The van der Waals surface area contributed by atoms with E-state index in [-0.39, 0.29) is 17.1 Å². The van der Waals surface area contributed by atoms with Crippen molar-refractivity contribution in [1.29, 1.82) is 0 Å². The van der Waals surface area contributed by atoms with Gasteiger partial charge in [0.2, 0.25) is 0 Å². The van der Waals surface area contributed by atoms with Gasteiger partial charge in [0, 0.05) is 34.9 Å². The number of carbonyl (C=O) groups excluding carboxylic acids is 1. The molecule has 5 rings (SSSR count). The van der Waals surface area contributed by atoms with E-state index >= 15 is 0 Å². The second-order valence-electron chi connectivity index (χ2n) is 8.88. The fourth-order valence-corrected chi connectivity index (χ4v) is 5.02. The Balaban J connectivity index is 1.84. The van der Waals surface area contributed by atoms with Crippen LogP contribution < -0.4 is 10.1 Å². The third-order valence-electron chi connectivity index (χ3n) is 6.20. The molecule has 1 aliphatic heterocycles. The van der Waals surface area contributed by atoms with Crippen molar-refractivity contribution in [2.45, 2.75) is 32.6 Å². The summed E-state index contributed by atoms with van der Waals surface area (Å²) in [5.74, 6) is 0.924. The average Bonchev–Trinajstić information content (AvgIpc) is 2.71. The van der Waals surface area contributed by atoms with Crippen molar-refractivity contribution in [2.75, 3.05) is 12.4 Å². The smallest absolute Gasteiger partial charge is 0.162 e.